The third-order valence-electron chi connectivity index (χ3n) is 4.93. The number of hydrogen-bond acceptors (Lipinski definition) is 1. The number of carboxylic acids is 1. The lowest BCUT2D eigenvalue weighted by atomic mass is 9.61. The SMILES string of the molecule is O=C(O)CC12CCC3CC(CC3C1)C2. The van der Waals surface area contributed by atoms with Crippen LogP contribution < -0.4 is 0 Å². The molecule has 0 amide bonds. The summed E-state index contributed by atoms with van der Waals surface area (Å²) in [5.74, 6) is 2.15. The van der Waals surface area contributed by atoms with Gasteiger partial charge in [0, 0.05) is 0 Å². The first-order valence-electron chi connectivity index (χ1n) is 5.89. The molecule has 3 fully saturated rings. The van der Waals surface area contributed by atoms with Crippen LogP contribution in [0.5, 0.6) is 0 Å². The van der Waals surface area contributed by atoms with Crippen molar-refractivity contribution in [2.45, 2.75) is 44.9 Å². The van der Waals surface area contributed by atoms with E-state index in [-0.39, 0.29) is 5.41 Å². The average molecular weight is 194 g/mol. The van der Waals surface area contributed by atoms with E-state index in [4.69, 9.17) is 5.11 Å². The molecule has 14 heavy (non-hydrogen) atoms. The molecule has 78 valence electrons. The maximum Gasteiger partial charge on any atom is 0.303 e. The minimum Gasteiger partial charge on any atom is -0.481 e. The molecule has 4 atom stereocenters. The van der Waals surface area contributed by atoms with Gasteiger partial charge in [-0.1, -0.05) is 0 Å². The molecule has 3 saturated carbocycles. The highest BCUT2D eigenvalue weighted by molar-refractivity contribution is 5.67. The molecule has 0 aromatic rings. The van der Waals surface area contributed by atoms with Gasteiger partial charge in [0.1, 0.15) is 0 Å². The van der Waals surface area contributed by atoms with Crippen LogP contribution in [-0.2, 0) is 4.79 Å². The molecule has 0 saturated heterocycles. The van der Waals surface area contributed by atoms with Gasteiger partial charge in [0.15, 0.2) is 0 Å². The van der Waals surface area contributed by atoms with Crippen molar-refractivity contribution < 1.29 is 9.90 Å². The van der Waals surface area contributed by atoms with Crippen molar-refractivity contribution in [2.24, 2.45) is 23.2 Å². The van der Waals surface area contributed by atoms with E-state index in [1.54, 1.807) is 0 Å². The second-order valence-electron chi connectivity index (χ2n) is 5.88. The van der Waals surface area contributed by atoms with Gasteiger partial charge in [-0.15, -0.1) is 0 Å². The lowest BCUT2D eigenvalue weighted by molar-refractivity contribution is -0.141. The maximum atomic E-state index is 10.9. The van der Waals surface area contributed by atoms with Crippen LogP contribution >= 0.6 is 0 Å². The van der Waals surface area contributed by atoms with E-state index in [1.165, 1.54) is 38.5 Å². The summed E-state index contributed by atoms with van der Waals surface area (Å²) in [5, 5.41) is 8.97. The highest BCUT2D eigenvalue weighted by atomic mass is 16.4. The van der Waals surface area contributed by atoms with Crippen molar-refractivity contribution >= 4 is 5.97 Å². The molecule has 0 heterocycles. The lowest BCUT2D eigenvalue weighted by Crippen LogP contribution is -2.36. The van der Waals surface area contributed by atoms with E-state index in [0.29, 0.717) is 6.42 Å². The van der Waals surface area contributed by atoms with Crippen LogP contribution in [-0.4, -0.2) is 11.1 Å². The van der Waals surface area contributed by atoms with Crippen LogP contribution in [0.1, 0.15) is 44.9 Å². The minimum atomic E-state index is -0.579. The van der Waals surface area contributed by atoms with E-state index in [0.717, 1.165) is 17.8 Å². The summed E-state index contributed by atoms with van der Waals surface area (Å²) in [4.78, 5) is 10.9. The van der Waals surface area contributed by atoms with Gasteiger partial charge in [0.05, 0.1) is 6.42 Å². The van der Waals surface area contributed by atoms with Crippen molar-refractivity contribution in [3.8, 4) is 0 Å². The highest BCUT2D eigenvalue weighted by Gasteiger charge is 2.52. The molecular formula is C12H18O2. The average Bonchev–Trinajstić information content (AvgIpc) is 2.29. The van der Waals surface area contributed by atoms with Crippen LogP contribution in [0.15, 0.2) is 0 Å². The van der Waals surface area contributed by atoms with Gasteiger partial charge < -0.3 is 5.11 Å². The molecule has 0 radical (unpaired) electrons. The largest absolute Gasteiger partial charge is 0.481 e. The van der Waals surface area contributed by atoms with Gasteiger partial charge in [0.2, 0.25) is 0 Å². The Morgan fingerprint density at radius 2 is 2.07 bits per heavy atom. The molecular weight excluding hydrogens is 176 g/mol. The zero-order valence-electron chi connectivity index (χ0n) is 8.54. The van der Waals surface area contributed by atoms with E-state index in [9.17, 15) is 4.79 Å². The third kappa shape index (κ3) is 1.19. The molecule has 3 aliphatic carbocycles. The Hall–Kier alpha value is -0.530. The highest BCUT2D eigenvalue weighted by Crippen LogP contribution is 2.61. The fourth-order valence-electron chi connectivity index (χ4n) is 4.61. The first-order chi connectivity index (χ1) is 6.67. The molecule has 2 nitrogen and oxygen atoms in total. The summed E-state index contributed by atoms with van der Waals surface area (Å²) in [6, 6.07) is 0. The Balaban J connectivity index is 1.84. The van der Waals surface area contributed by atoms with Gasteiger partial charge in [0.25, 0.3) is 0 Å². The lowest BCUT2D eigenvalue weighted by Gasteiger charge is -2.44. The van der Waals surface area contributed by atoms with Gasteiger partial charge in [-0.3, -0.25) is 4.79 Å². The second kappa shape index (κ2) is 2.74. The number of hydrogen-bond donors (Lipinski definition) is 1. The van der Waals surface area contributed by atoms with Crippen LogP contribution in [0.25, 0.3) is 0 Å². The number of aliphatic carboxylic acids is 1. The van der Waals surface area contributed by atoms with Gasteiger partial charge in [-0.25, -0.2) is 0 Å². The Morgan fingerprint density at radius 3 is 2.86 bits per heavy atom. The summed E-state index contributed by atoms with van der Waals surface area (Å²) >= 11 is 0. The number of carboxylic acid groups (broad SMARTS) is 1. The topological polar surface area (TPSA) is 37.3 Å². The van der Waals surface area contributed by atoms with Crippen LogP contribution in [0.2, 0.25) is 0 Å². The molecule has 3 aliphatic rings. The fourth-order valence-corrected chi connectivity index (χ4v) is 4.61. The Morgan fingerprint density at radius 1 is 1.29 bits per heavy atom. The summed E-state index contributed by atoms with van der Waals surface area (Å²) in [6.07, 6.45) is 8.20. The Kier molecular flexibility index (Phi) is 1.71. The Labute approximate surface area is 84.7 Å². The van der Waals surface area contributed by atoms with Gasteiger partial charge in [-0.05, 0) is 61.7 Å². The first-order valence-corrected chi connectivity index (χ1v) is 5.89. The predicted molar refractivity (Wildman–Crippen MR) is 52.9 cm³/mol. The molecule has 0 aliphatic heterocycles. The summed E-state index contributed by atoms with van der Waals surface area (Å²) in [6.45, 7) is 0. The molecule has 3 rings (SSSR count). The van der Waals surface area contributed by atoms with Crippen molar-refractivity contribution in [1.29, 1.82) is 0 Å². The maximum absolute atomic E-state index is 10.9. The van der Waals surface area contributed by atoms with E-state index in [2.05, 4.69) is 0 Å². The molecule has 4 unspecified atom stereocenters. The van der Waals surface area contributed by atoms with E-state index < -0.39 is 5.97 Å². The molecule has 3 bridgehead atoms. The van der Waals surface area contributed by atoms with Crippen LogP contribution in [0.4, 0.5) is 0 Å². The first kappa shape index (κ1) is 8.75. The molecule has 1 N–H and O–H groups in total. The van der Waals surface area contributed by atoms with Crippen molar-refractivity contribution in [3.63, 3.8) is 0 Å². The van der Waals surface area contributed by atoms with Crippen molar-refractivity contribution in [1.82, 2.24) is 0 Å². The zero-order chi connectivity index (χ0) is 9.76. The van der Waals surface area contributed by atoms with Gasteiger partial charge >= 0.3 is 5.97 Å². The normalized spacial score (nSPS) is 49.6. The summed E-state index contributed by atoms with van der Waals surface area (Å²) in [7, 11) is 0. The van der Waals surface area contributed by atoms with E-state index in [1.807, 2.05) is 0 Å². The number of carbonyl (C=O) groups is 1. The quantitative estimate of drug-likeness (QED) is 0.733. The monoisotopic (exact) mass is 194 g/mol. The van der Waals surface area contributed by atoms with Crippen LogP contribution in [0.3, 0.4) is 0 Å². The summed E-state index contributed by atoms with van der Waals surface area (Å²) in [5.41, 5.74) is 0.215. The molecule has 0 aromatic carbocycles. The molecule has 0 spiro atoms. The molecule has 0 aromatic heterocycles. The Bertz CT molecular complexity index is 269. The zero-order valence-corrected chi connectivity index (χ0v) is 8.54. The van der Waals surface area contributed by atoms with E-state index >= 15 is 0 Å². The second-order valence-corrected chi connectivity index (χ2v) is 5.88. The van der Waals surface area contributed by atoms with Gasteiger partial charge in [-0.2, -0.15) is 0 Å². The van der Waals surface area contributed by atoms with Crippen molar-refractivity contribution in [3.05, 3.63) is 0 Å². The predicted octanol–water partition coefficient (Wildman–Crippen LogP) is 2.68. The number of fused-ring (bicyclic) bond motifs is 2. The smallest absolute Gasteiger partial charge is 0.303 e. The summed E-state index contributed by atoms with van der Waals surface area (Å²) < 4.78 is 0. The fraction of sp³-hybridized carbons (Fsp3) is 0.917. The third-order valence-corrected chi connectivity index (χ3v) is 4.93. The molecule has 2 heteroatoms. The standard InChI is InChI=1S/C12H18O2/c13-11(14)7-12-2-1-9-3-8(5-12)4-10(9)6-12/h8-10H,1-7H2,(H,13,14). The van der Waals surface area contributed by atoms with Crippen LogP contribution in [0, 0.1) is 23.2 Å². The minimum absolute atomic E-state index is 0.215. The van der Waals surface area contributed by atoms with Crippen molar-refractivity contribution in [2.75, 3.05) is 0 Å². The number of rotatable bonds is 2.